The van der Waals surface area contributed by atoms with E-state index in [2.05, 4.69) is 15.2 Å². The van der Waals surface area contributed by atoms with Gasteiger partial charge in [-0.3, -0.25) is 4.79 Å². The monoisotopic (exact) mass is 347 g/mol. The average Bonchev–Trinajstić information content (AvgIpc) is 3.17. The zero-order chi connectivity index (χ0) is 17.9. The molecule has 2 aromatic carbocycles. The zero-order valence-corrected chi connectivity index (χ0v) is 14.7. The van der Waals surface area contributed by atoms with Gasteiger partial charge in [-0.2, -0.15) is 0 Å². The number of hydrogen-bond acceptors (Lipinski definition) is 4. The lowest BCUT2D eigenvalue weighted by atomic mass is 10.2. The summed E-state index contributed by atoms with van der Waals surface area (Å²) in [5.74, 6) is -0.205. The third-order valence-electron chi connectivity index (χ3n) is 4.80. The maximum absolute atomic E-state index is 12.5. The number of pyridine rings is 1. The summed E-state index contributed by atoms with van der Waals surface area (Å²) in [6, 6.07) is 19.3. The van der Waals surface area contributed by atoms with Crippen LogP contribution in [0.15, 0.2) is 60.7 Å². The normalized spacial score (nSPS) is 16.8. The Morgan fingerprint density at radius 1 is 1.12 bits per heavy atom. The van der Waals surface area contributed by atoms with Crippen molar-refractivity contribution in [1.82, 2.24) is 4.98 Å². The van der Waals surface area contributed by atoms with E-state index in [4.69, 9.17) is 4.74 Å². The number of benzene rings is 2. The number of para-hydroxylation sites is 1. The largest absolute Gasteiger partial charge is 0.380 e. The molecule has 0 radical (unpaired) electrons. The zero-order valence-electron chi connectivity index (χ0n) is 14.7. The van der Waals surface area contributed by atoms with Gasteiger partial charge in [-0.25, -0.2) is 4.98 Å². The Morgan fingerprint density at radius 3 is 2.69 bits per heavy atom. The molecule has 1 N–H and O–H groups in total. The highest BCUT2D eigenvalue weighted by atomic mass is 16.5. The van der Waals surface area contributed by atoms with Crippen LogP contribution in [0.1, 0.15) is 16.9 Å². The predicted molar refractivity (Wildman–Crippen MR) is 104 cm³/mol. The average molecular weight is 347 g/mol. The third-order valence-corrected chi connectivity index (χ3v) is 4.80. The van der Waals surface area contributed by atoms with Crippen molar-refractivity contribution in [3.8, 4) is 0 Å². The van der Waals surface area contributed by atoms with Crippen molar-refractivity contribution in [3.05, 3.63) is 66.4 Å². The second kappa shape index (κ2) is 7.14. The van der Waals surface area contributed by atoms with Crippen LogP contribution in [-0.4, -0.2) is 37.2 Å². The van der Waals surface area contributed by atoms with Gasteiger partial charge in [-0.1, -0.05) is 24.3 Å². The van der Waals surface area contributed by atoms with E-state index >= 15 is 0 Å². The number of carbonyl (C=O) groups excluding carboxylic acids is 1. The van der Waals surface area contributed by atoms with E-state index in [1.54, 1.807) is 13.2 Å². The Bertz CT molecular complexity index is 924. The highest BCUT2D eigenvalue weighted by Crippen LogP contribution is 2.23. The van der Waals surface area contributed by atoms with E-state index in [1.807, 2.05) is 54.6 Å². The van der Waals surface area contributed by atoms with Crippen LogP contribution in [-0.2, 0) is 4.74 Å². The number of hydrogen-bond donors (Lipinski definition) is 1. The first-order chi connectivity index (χ1) is 12.7. The van der Waals surface area contributed by atoms with Crippen LogP contribution in [0.25, 0.3) is 10.9 Å². The van der Waals surface area contributed by atoms with Gasteiger partial charge in [0.1, 0.15) is 5.69 Å². The topological polar surface area (TPSA) is 54.5 Å². The number of methoxy groups -OCH3 is 1. The van der Waals surface area contributed by atoms with Gasteiger partial charge in [-0.05, 0) is 42.8 Å². The van der Waals surface area contributed by atoms with Crippen LogP contribution in [0.3, 0.4) is 0 Å². The Balaban J connectivity index is 1.45. The molecule has 132 valence electrons. The molecule has 1 amide bonds. The molecule has 3 aromatic rings. The second-order valence-corrected chi connectivity index (χ2v) is 6.48. The lowest BCUT2D eigenvalue weighted by molar-refractivity contribution is 0.102. The molecule has 0 bridgehead atoms. The fraction of sp³-hybridized carbons (Fsp3) is 0.238. The SMILES string of the molecule is COC1CCN(c2ccc(NC(=O)c3ccc4ccccc4n3)cc2)C1. The maximum Gasteiger partial charge on any atom is 0.274 e. The van der Waals surface area contributed by atoms with Gasteiger partial charge in [0, 0.05) is 37.0 Å². The highest BCUT2D eigenvalue weighted by molar-refractivity contribution is 6.04. The molecule has 1 aliphatic heterocycles. The minimum absolute atomic E-state index is 0.205. The number of amides is 1. The molecule has 1 unspecified atom stereocenters. The number of nitrogens with one attached hydrogen (secondary N) is 1. The van der Waals surface area contributed by atoms with Crippen molar-refractivity contribution < 1.29 is 9.53 Å². The van der Waals surface area contributed by atoms with Gasteiger partial charge in [0.05, 0.1) is 11.6 Å². The first-order valence-electron chi connectivity index (χ1n) is 8.78. The summed E-state index contributed by atoms with van der Waals surface area (Å²) in [6.07, 6.45) is 1.34. The summed E-state index contributed by atoms with van der Waals surface area (Å²) in [5, 5.41) is 3.94. The standard InChI is InChI=1S/C21H21N3O2/c1-26-18-12-13-24(14-18)17-9-7-16(8-10-17)22-21(25)20-11-6-15-4-2-3-5-19(15)23-20/h2-11,18H,12-14H2,1H3,(H,22,25). The summed E-state index contributed by atoms with van der Waals surface area (Å²) in [5.41, 5.74) is 3.13. The first-order valence-corrected chi connectivity index (χ1v) is 8.78. The van der Waals surface area contributed by atoms with Crippen LogP contribution in [0, 0.1) is 0 Å². The van der Waals surface area contributed by atoms with E-state index in [0.29, 0.717) is 11.8 Å². The Morgan fingerprint density at radius 2 is 1.92 bits per heavy atom. The molecular weight excluding hydrogens is 326 g/mol. The molecule has 5 heteroatoms. The van der Waals surface area contributed by atoms with Gasteiger partial charge in [0.25, 0.3) is 5.91 Å². The molecule has 1 aromatic heterocycles. The van der Waals surface area contributed by atoms with Crippen LogP contribution < -0.4 is 10.2 Å². The summed E-state index contributed by atoms with van der Waals surface area (Å²) in [7, 11) is 1.76. The van der Waals surface area contributed by atoms with Crippen molar-refractivity contribution >= 4 is 28.2 Å². The van der Waals surface area contributed by atoms with Crippen molar-refractivity contribution in [1.29, 1.82) is 0 Å². The molecule has 1 atom stereocenters. The van der Waals surface area contributed by atoms with Crippen LogP contribution in [0.2, 0.25) is 0 Å². The van der Waals surface area contributed by atoms with Gasteiger partial charge in [0.15, 0.2) is 0 Å². The van der Waals surface area contributed by atoms with Crippen molar-refractivity contribution in [2.45, 2.75) is 12.5 Å². The highest BCUT2D eigenvalue weighted by Gasteiger charge is 2.22. The van der Waals surface area contributed by atoms with Gasteiger partial charge >= 0.3 is 0 Å². The molecule has 1 aliphatic rings. The van der Waals surface area contributed by atoms with Crippen LogP contribution in [0.4, 0.5) is 11.4 Å². The summed E-state index contributed by atoms with van der Waals surface area (Å²) in [4.78, 5) is 19.2. The fourth-order valence-corrected chi connectivity index (χ4v) is 3.30. The summed E-state index contributed by atoms with van der Waals surface area (Å²) < 4.78 is 5.41. The van der Waals surface area contributed by atoms with Gasteiger partial charge < -0.3 is 15.0 Å². The molecule has 4 rings (SSSR count). The molecule has 5 nitrogen and oxygen atoms in total. The van der Waals surface area contributed by atoms with Crippen LogP contribution >= 0.6 is 0 Å². The minimum atomic E-state index is -0.205. The number of aromatic nitrogens is 1. The third kappa shape index (κ3) is 3.39. The van der Waals surface area contributed by atoms with Gasteiger partial charge in [-0.15, -0.1) is 0 Å². The number of ether oxygens (including phenoxy) is 1. The van der Waals surface area contributed by atoms with Crippen molar-refractivity contribution in [3.63, 3.8) is 0 Å². The predicted octanol–water partition coefficient (Wildman–Crippen LogP) is 3.71. The quantitative estimate of drug-likeness (QED) is 0.782. The number of nitrogens with zero attached hydrogens (tertiary/aromatic N) is 2. The van der Waals surface area contributed by atoms with E-state index in [9.17, 15) is 4.79 Å². The number of anilines is 2. The van der Waals surface area contributed by atoms with Crippen molar-refractivity contribution in [2.24, 2.45) is 0 Å². The number of rotatable bonds is 4. The Kier molecular flexibility index (Phi) is 4.54. The molecule has 2 heterocycles. The molecule has 0 saturated carbocycles. The van der Waals surface area contributed by atoms with Crippen LogP contribution in [0.5, 0.6) is 0 Å². The smallest absolute Gasteiger partial charge is 0.274 e. The van der Waals surface area contributed by atoms with E-state index in [1.165, 1.54) is 0 Å². The van der Waals surface area contributed by atoms with Gasteiger partial charge in [0.2, 0.25) is 0 Å². The molecule has 26 heavy (non-hydrogen) atoms. The molecular formula is C21H21N3O2. The first kappa shape index (κ1) is 16.5. The van der Waals surface area contributed by atoms with E-state index in [0.717, 1.165) is 41.8 Å². The fourth-order valence-electron chi connectivity index (χ4n) is 3.30. The lowest BCUT2D eigenvalue weighted by Gasteiger charge is -2.18. The van der Waals surface area contributed by atoms with E-state index in [-0.39, 0.29) is 5.91 Å². The summed E-state index contributed by atoms with van der Waals surface area (Å²) in [6.45, 7) is 1.90. The molecule has 1 saturated heterocycles. The lowest BCUT2D eigenvalue weighted by Crippen LogP contribution is -2.22. The number of carbonyl (C=O) groups is 1. The summed E-state index contributed by atoms with van der Waals surface area (Å²) >= 11 is 0. The van der Waals surface area contributed by atoms with Crippen molar-refractivity contribution in [2.75, 3.05) is 30.4 Å². The maximum atomic E-state index is 12.5. The minimum Gasteiger partial charge on any atom is -0.380 e. The number of fused-ring (bicyclic) bond motifs is 1. The Hall–Kier alpha value is -2.92. The molecule has 0 aliphatic carbocycles. The Labute approximate surface area is 152 Å². The van der Waals surface area contributed by atoms with E-state index < -0.39 is 0 Å². The molecule has 0 spiro atoms. The second-order valence-electron chi connectivity index (χ2n) is 6.48. The molecule has 1 fully saturated rings.